The number of nitrogens with one attached hydrogen (secondary N) is 4. The normalized spacial score (nSPS) is 14.6. The molecule has 12 N–H and O–H groups in total. The molecule has 28 nitrogen and oxygen atoms in total. The van der Waals surface area contributed by atoms with Crippen molar-refractivity contribution in [2.24, 2.45) is 5.73 Å². The Kier molecular flexibility index (Phi) is 36.5. The third-order valence-corrected chi connectivity index (χ3v) is 12.1. The minimum absolute atomic E-state index is 0.0127. The van der Waals surface area contributed by atoms with Gasteiger partial charge in [0, 0.05) is 131 Å². The van der Waals surface area contributed by atoms with E-state index in [2.05, 4.69) is 21.3 Å². The number of nitrogens with two attached hydrogens (primary N) is 1. The third kappa shape index (κ3) is 36.1. The zero-order valence-electron chi connectivity index (χ0n) is 43.8. The number of aliphatic carboxylic acids is 3. The summed E-state index contributed by atoms with van der Waals surface area (Å²) in [5.41, 5.74) is 6.08. The molecule has 1 heterocycles. The van der Waals surface area contributed by atoms with Gasteiger partial charge < -0.3 is 42.3 Å². The Labute approximate surface area is 439 Å². The zero-order chi connectivity index (χ0) is 56.0. The highest BCUT2D eigenvalue weighted by Crippen LogP contribution is 2.06. The van der Waals surface area contributed by atoms with E-state index < -0.39 is 41.7 Å². The van der Waals surface area contributed by atoms with Gasteiger partial charge in [0.05, 0.1) is 32.2 Å². The molecule has 0 aliphatic carbocycles. The second-order valence-electron chi connectivity index (χ2n) is 18.6. The summed E-state index contributed by atoms with van der Waals surface area (Å²) in [4.78, 5) is 126. The third-order valence-electron chi connectivity index (χ3n) is 12.1. The molecule has 75 heavy (non-hydrogen) atoms. The van der Waals surface area contributed by atoms with E-state index in [4.69, 9.17) is 5.73 Å². The van der Waals surface area contributed by atoms with Crippen LogP contribution in [0.25, 0.3) is 0 Å². The van der Waals surface area contributed by atoms with E-state index in [-0.39, 0.29) is 134 Å². The van der Waals surface area contributed by atoms with Crippen molar-refractivity contribution in [3.63, 3.8) is 0 Å². The number of amides is 7. The van der Waals surface area contributed by atoms with Crippen LogP contribution in [0.4, 0.5) is 0 Å². The monoisotopic (exact) mass is 1070 g/mol. The first-order valence-corrected chi connectivity index (χ1v) is 26.0. The van der Waals surface area contributed by atoms with E-state index >= 15 is 0 Å². The van der Waals surface area contributed by atoms with E-state index in [0.29, 0.717) is 132 Å². The number of nitrogens with zero attached hydrogens (tertiary/aromatic N) is 7. The number of carboxylic acids is 3. The minimum Gasteiger partial charge on any atom is -0.480 e. The van der Waals surface area contributed by atoms with Crippen LogP contribution in [0.15, 0.2) is 0 Å². The molecule has 0 saturated carbocycles. The average Bonchev–Trinajstić information content (AvgIpc) is 3.35. The molecule has 1 saturated heterocycles. The van der Waals surface area contributed by atoms with Gasteiger partial charge in [0.25, 0.3) is 0 Å². The SMILES string of the molecule is CC(=O)N(O)CCCCCNC(=O)CCC(=O)N(O)CCCCCNC(=O)CCC(=O)N(O)CCCCCNC(=O)[C@@H](N)CCCCNC(=O)CN1CCN(CC(=O)O)CCN(CC(=O)O)CCN(CC(=O)O)CC1. The number of carbonyl (C=O) groups excluding carboxylic acids is 7. The van der Waals surface area contributed by atoms with Crippen molar-refractivity contribution in [1.82, 2.24) is 56.1 Å². The number of hydrogen-bond acceptors (Lipinski definition) is 18. The maximum atomic E-state index is 12.9. The van der Waals surface area contributed by atoms with Gasteiger partial charge in [-0.2, -0.15) is 0 Å². The van der Waals surface area contributed by atoms with Gasteiger partial charge >= 0.3 is 17.9 Å². The lowest BCUT2D eigenvalue weighted by Crippen LogP contribution is -2.49. The average molecular weight is 1080 g/mol. The van der Waals surface area contributed by atoms with Gasteiger partial charge in [-0.15, -0.1) is 0 Å². The molecule has 1 aliphatic rings. The summed E-state index contributed by atoms with van der Waals surface area (Å²) < 4.78 is 0. The van der Waals surface area contributed by atoms with E-state index in [1.807, 2.05) is 4.90 Å². The summed E-state index contributed by atoms with van der Waals surface area (Å²) >= 11 is 0. The number of hydroxylamine groups is 6. The maximum absolute atomic E-state index is 12.9. The van der Waals surface area contributed by atoms with Crippen molar-refractivity contribution in [2.75, 3.05) is 124 Å². The standard InChI is InChI=1S/C47H86N12O16/c1-37(60)57(73)22-10-2-6-18-49-39(61)14-16-42(64)58(74)23-11-3-7-19-50-40(62)15-17-43(65)59(75)24-12-4-8-21-52-47(72)38(48)13-5-9-20-51-41(63)33-53-25-27-54(34-44(66)67)29-31-56(36-46(70)71)32-30-55(28-26-53)35-45(68)69/h38,73-75H,2-36,48H2,1H3,(H,49,61)(H,50,62)(H,51,63)(H,52,72)(H,66,67)(H,68,69)(H,70,71)/t38-/m0/s1. The number of hydrogen-bond donors (Lipinski definition) is 11. The Morgan fingerprint density at radius 1 is 0.427 bits per heavy atom. The number of unbranched alkanes of at least 4 members (excludes halogenated alkanes) is 7. The Morgan fingerprint density at radius 3 is 1.11 bits per heavy atom. The first-order chi connectivity index (χ1) is 35.7. The van der Waals surface area contributed by atoms with Crippen LogP contribution in [0.2, 0.25) is 0 Å². The molecule has 0 aromatic heterocycles. The molecule has 1 fully saturated rings. The number of carbonyl (C=O) groups is 10. The summed E-state index contributed by atoms with van der Waals surface area (Å²) in [7, 11) is 0. The van der Waals surface area contributed by atoms with Crippen molar-refractivity contribution in [1.29, 1.82) is 0 Å². The van der Waals surface area contributed by atoms with Crippen LogP contribution in [-0.2, 0) is 47.9 Å². The number of rotatable bonds is 38. The fourth-order valence-electron chi connectivity index (χ4n) is 7.66. The van der Waals surface area contributed by atoms with Crippen molar-refractivity contribution < 1.29 is 78.9 Å². The molecular weight excluding hydrogens is 989 g/mol. The quantitative estimate of drug-likeness (QED) is 0.0184. The van der Waals surface area contributed by atoms with Crippen molar-refractivity contribution in [3.8, 4) is 0 Å². The Bertz CT molecular complexity index is 1730. The molecule has 1 atom stereocenters. The van der Waals surface area contributed by atoms with Crippen LogP contribution in [0, 0.1) is 0 Å². The van der Waals surface area contributed by atoms with E-state index in [1.165, 1.54) is 6.92 Å². The molecule has 0 aromatic carbocycles. The molecule has 0 bridgehead atoms. The molecule has 0 aromatic rings. The Balaban J connectivity index is 2.20. The van der Waals surface area contributed by atoms with E-state index in [1.54, 1.807) is 14.7 Å². The van der Waals surface area contributed by atoms with Gasteiger partial charge in [-0.25, -0.2) is 15.2 Å². The molecule has 430 valence electrons. The van der Waals surface area contributed by atoms with Crippen LogP contribution in [0.5, 0.6) is 0 Å². The first-order valence-electron chi connectivity index (χ1n) is 26.0. The Hall–Kier alpha value is -5.62. The summed E-state index contributed by atoms with van der Waals surface area (Å²) in [5.74, 6) is -6.08. The smallest absolute Gasteiger partial charge is 0.317 e. The van der Waals surface area contributed by atoms with Crippen LogP contribution in [-0.4, -0.2) is 255 Å². The zero-order valence-corrected chi connectivity index (χ0v) is 43.8. The van der Waals surface area contributed by atoms with Gasteiger partial charge in [0.15, 0.2) is 0 Å². The van der Waals surface area contributed by atoms with Crippen LogP contribution in [0.1, 0.15) is 110 Å². The summed E-state index contributed by atoms with van der Waals surface area (Å²) in [6.07, 6.45) is 6.02. The molecule has 0 radical (unpaired) electrons. The second-order valence-corrected chi connectivity index (χ2v) is 18.6. The molecule has 28 heteroatoms. The largest absolute Gasteiger partial charge is 0.480 e. The topological polar surface area (TPSA) is 389 Å². The lowest BCUT2D eigenvalue weighted by Gasteiger charge is -2.32. The second kappa shape index (κ2) is 40.7. The maximum Gasteiger partial charge on any atom is 0.317 e. The molecule has 0 spiro atoms. The van der Waals surface area contributed by atoms with Crippen LogP contribution in [0.3, 0.4) is 0 Å². The highest BCUT2D eigenvalue weighted by atomic mass is 16.5. The first kappa shape index (κ1) is 67.4. The van der Waals surface area contributed by atoms with Crippen LogP contribution < -0.4 is 27.0 Å². The van der Waals surface area contributed by atoms with E-state index in [9.17, 15) is 78.9 Å². The fraction of sp³-hybridized carbons (Fsp3) is 0.787. The predicted molar refractivity (Wildman–Crippen MR) is 269 cm³/mol. The summed E-state index contributed by atoms with van der Waals surface area (Å²) in [5, 5.41) is 70.4. The molecule has 0 unspecified atom stereocenters. The van der Waals surface area contributed by atoms with Gasteiger partial charge in [0.2, 0.25) is 41.4 Å². The number of carboxylic acid groups (broad SMARTS) is 3. The highest BCUT2D eigenvalue weighted by Gasteiger charge is 2.22. The predicted octanol–water partition coefficient (Wildman–Crippen LogP) is -1.83. The molecular formula is C47H86N12O16. The van der Waals surface area contributed by atoms with Crippen molar-refractivity contribution in [3.05, 3.63) is 0 Å². The van der Waals surface area contributed by atoms with Crippen LogP contribution >= 0.6 is 0 Å². The Morgan fingerprint density at radius 2 is 0.747 bits per heavy atom. The molecule has 1 aliphatic heterocycles. The van der Waals surface area contributed by atoms with Gasteiger partial charge in [-0.1, -0.05) is 0 Å². The highest BCUT2D eigenvalue weighted by molar-refractivity contribution is 5.84. The fourth-order valence-corrected chi connectivity index (χ4v) is 7.66. The lowest BCUT2D eigenvalue weighted by atomic mass is 10.1. The van der Waals surface area contributed by atoms with Gasteiger partial charge in [0.1, 0.15) is 0 Å². The van der Waals surface area contributed by atoms with Crippen molar-refractivity contribution >= 4 is 59.3 Å². The van der Waals surface area contributed by atoms with Crippen molar-refractivity contribution in [2.45, 2.75) is 116 Å². The summed E-state index contributed by atoms with van der Waals surface area (Å²) in [6, 6.07) is -0.769. The van der Waals surface area contributed by atoms with Gasteiger partial charge in [-0.05, 0) is 77.0 Å². The lowest BCUT2D eigenvalue weighted by molar-refractivity contribution is -0.166. The molecule has 1 rings (SSSR count). The van der Waals surface area contributed by atoms with Gasteiger partial charge in [-0.3, -0.25) is 83.2 Å². The van der Waals surface area contributed by atoms with E-state index in [0.717, 1.165) is 0 Å². The summed E-state index contributed by atoms with van der Waals surface area (Å²) in [6.45, 7) is 4.38. The molecule has 7 amide bonds. The minimum atomic E-state index is -1.05.